The maximum Gasteiger partial charge on any atom is 0.472 e. The molecule has 0 saturated heterocycles. The van der Waals surface area contributed by atoms with Crippen molar-refractivity contribution in [2.75, 3.05) is 47.5 Å². The van der Waals surface area contributed by atoms with Crippen LogP contribution in [-0.2, 0) is 32.7 Å². The van der Waals surface area contributed by atoms with Gasteiger partial charge in [-0.1, -0.05) is 153 Å². The zero-order valence-electron chi connectivity index (χ0n) is 35.5. The van der Waals surface area contributed by atoms with Gasteiger partial charge in [0.15, 0.2) is 6.10 Å². The highest BCUT2D eigenvalue weighted by atomic mass is 31.2. The minimum Gasteiger partial charge on any atom is -0.462 e. The number of likely N-dealkylation sites (N-methyl/N-ethyl adjacent to an activating group) is 1. The lowest BCUT2D eigenvalue weighted by Gasteiger charge is -2.24. The van der Waals surface area contributed by atoms with Gasteiger partial charge in [0.25, 0.3) is 0 Å². The summed E-state index contributed by atoms with van der Waals surface area (Å²) in [6.07, 6.45) is 40.6. The Labute approximate surface area is 331 Å². The Balaban J connectivity index is 4.44. The third kappa shape index (κ3) is 39.9. The minimum atomic E-state index is -4.38. The van der Waals surface area contributed by atoms with E-state index in [4.69, 9.17) is 18.5 Å². The molecule has 0 aromatic carbocycles. The quantitative estimate of drug-likeness (QED) is 0.0164. The van der Waals surface area contributed by atoms with E-state index in [-0.39, 0.29) is 26.1 Å². The molecule has 0 amide bonds. The SMILES string of the molecule is CCCCCC/C=C/C=C/CCCCCCCC(=O)OC[C@H](COP(=O)(O)OCC[N+](C)(C)C)OC(=O)CC/C=C/CCCCCCCCCCCCC. The fraction of sp³-hybridized carbons (Fsp3) is 0.818. The van der Waals surface area contributed by atoms with Crippen molar-refractivity contribution >= 4 is 19.8 Å². The van der Waals surface area contributed by atoms with Crippen LogP contribution in [0.25, 0.3) is 0 Å². The molecule has 10 heteroatoms. The molecule has 0 heterocycles. The molecule has 0 spiro atoms. The molecule has 1 N–H and O–H groups in total. The number of quaternary nitrogens is 1. The molecule has 316 valence electrons. The van der Waals surface area contributed by atoms with Gasteiger partial charge in [-0.15, -0.1) is 0 Å². The summed E-state index contributed by atoms with van der Waals surface area (Å²) in [6.45, 7) is 4.34. The van der Waals surface area contributed by atoms with Crippen LogP contribution >= 0.6 is 7.82 Å². The summed E-state index contributed by atoms with van der Waals surface area (Å²) in [5, 5.41) is 0. The number of unbranched alkanes of at least 4 members (excludes halogenated alkanes) is 20. The molecule has 0 fully saturated rings. The standard InChI is InChI=1S/C44H82NO8P/c1-6-8-10-12-14-16-18-20-22-24-26-28-30-32-34-36-43(46)50-40-42(41-52-54(48,49)51-39-38-45(3,4)5)53-44(47)37-35-33-31-29-27-25-23-21-19-17-15-13-11-9-7-2/h16,18,20,22,31,33,42H,6-15,17,19,21,23-30,32,34-41H2,1-5H3/p+1/b18-16+,22-20+,33-31+/t42-/m1/s1. The van der Waals surface area contributed by atoms with E-state index < -0.39 is 32.5 Å². The number of phosphoric ester groups is 1. The second-order valence-corrected chi connectivity index (χ2v) is 17.2. The molecule has 0 aliphatic heterocycles. The van der Waals surface area contributed by atoms with Crippen LogP contribution in [0, 0.1) is 0 Å². The second kappa shape index (κ2) is 36.8. The van der Waals surface area contributed by atoms with Gasteiger partial charge in [0.05, 0.1) is 27.7 Å². The maximum atomic E-state index is 12.6. The van der Waals surface area contributed by atoms with Crippen LogP contribution in [0.3, 0.4) is 0 Å². The molecular formula is C44H83NO8P+. The summed E-state index contributed by atoms with van der Waals surface area (Å²) in [5.74, 6) is -0.872. The molecule has 0 rings (SSSR count). The number of hydrogen-bond acceptors (Lipinski definition) is 7. The van der Waals surface area contributed by atoms with Crippen LogP contribution < -0.4 is 0 Å². The average molecular weight is 785 g/mol. The fourth-order valence-corrected chi connectivity index (χ4v) is 6.47. The van der Waals surface area contributed by atoms with Gasteiger partial charge in [-0.3, -0.25) is 18.6 Å². The zero-order valence-corrected chi connectivity index (χ0v) is 36.3. The summed E-state index contributed by atoms with van der Waals surface area (Å²) < 4.78 is 34.2. The topological polar surface area (TPSA) is 108 Å². The number of rotatable bonds is 39. The molecule has 0 bridgehead atoms. The van der Waals surface area contributed by atoms with Crippen LogP contribution in [0.1, 0.15) is 181 Å². The van der Waals surface area contributed by atoms with Gasteiger partial charge in [0.2, 0.25) is 0 Å². The molecule has 0 aromatic rings. The predicted molar refractivity (Wildman–Crippen MR) is 224 cm³/mol. The number of allylic oxidation sites excluding steroid dienone is 6. The Morgan fingerprint density at radius 1 is 0.574 bits per heavy atom. The Morgan fingerprint density at radius 2 is 1.04 bits per heavy atom. The van der Waals surface area contributed by atoms with E-state index in [9.17, 15) is 19.0 Å². The van der Waals surface area contributed by atoms with E-state index in [1.54, 1.807) is 0 Å². The maximum absolute atomic E-state index is 12.6. The molecule has 1 unspecified atom stereocenters. The highest BCUT2D eigenvalue weighted by Gasteiger charge is 2.27. The first kappa shape index (κ1) is 52.2. The van der Waals surface area contributed by atoms with Crippen molar-refractivity contribution in [3.8, 4) is 0 Å². The van der Waals surface area contributed by atoms with E-state index in [0.29, 0.717) is 23.9 Å². The highest BCUT2D eigenvalue weighted by Crippen LogP contribution is 2.43. The van der Waals surface area contributed by atoms with E-state index in [1.807, 2.05) is 27.2 Å². The summed E-state index contributed by atoms with van der Waals surface area (Å²) >= 11 is 0. The van der Waals surface area contributed by atoms with Crippen molar-refractivity contribution in [1.82, 2.24) is 0 Å². The fourth-order valence-electron chi connectivity index (χ4n) is 5.73. The molecule has 0 saturated carbocycles. The molecule has 54 heavy (non-hydrogen) atoms. The van der Waals surface area contributed by atoms with Gasteiger partial charge >= 0.3 is 19.8 Å². The van der Waals surface area contributed by atoms with Gasteiger partial charge in [0, 0.05) is 12.8 Å². The average Bonchev–Trinajstić information content (AvgIpc) is 3.12. The Kier molecular flexibility index (Phi) is 35.6. The summed E-state index contributed by atoms with van der Waals surface area (Å²) in [6, 6.07) is 0. The third-order valence-electron chi connectivity index (χ3n) is 9.18. The van der Waals surface area contributed by atoms with E-state index in [1.165, 1.54) is 89.9 Å². The number of carbonyl (C=O) groups excluding carboxylic acids is 2. The van der Waals surface area contributed by atoms with Crippen molar-refractivity contribution in [1.29, 1.82) is 0 Å². The number of carbonyl (C=O) groups is 2. The molecule has 0 aliphatic carbocycles. The van der Waals surface area contributed by atoms with Crippen LogP contribution in [0.5, 0.6) is 0 Å². The smallest absolute Gasteiger partial charge is 0.462 e. The minimum absolute atomic E-state index is 0.0234. The van der Waals surface area contributed by atoms with Crippen LogP contribution in [0.15, 0.2) is 36.5 Å². The van der Waals surface area contributed by atoms with Crippen molar-refractivity contribution in [2.45, 2.75) is 187 Å². The summed E-state index contributed by atoms with van der Waals surface area (Å²) in [5.41, 5.74) is 0. The zero-order chi connectivity index (χ0) is 40.0. The highest BCUT2D eigenvalue weighted by molar-refractivity contribution is 7.47. The normalized spacial score (nSPS) is 14.0. The van der Waals surface area contributed by atoms with Gasteiger partial charge in [-0.05, 0) is 51.4 Å². The Morgan fingerprint density at radius 3 is 1.57 bits per heavy atom. The van der Waals surface area contributed by atoms with Crippen LogP contribution in [-0.4, -0.2) is 74.9 Å². The molecule has 9 nitrogen and oxygen atoms in total. The Bertz CT molecular complexity index is 1020. The van der Waals surface area contributed by atoms with Gasteiger partial charge in [0.1, 0.15) is 19.8 Å². The van der Waals surface area contributed by atoms with E-state index in [2.05, 4.69) is 44.2 Å². The third-order valence-corrected chi connectivity index (χ3v) is 10.2. The predicted octanol–water partition coefficient (Wildman–Crippen LogP) is 12.1. The molecule has 0 aliphatic rings. The van der Waals surface area contributed by atoms with Crippen molar-refractivity contribution < 1.29 is 42.1 Å². The molecular weight excluding hydrogens is 701 g/mol. The van der Waals surface area contributed by atoms with Crippen LogP contribution in [0.2, 0.25) is 0 Å². The lowest BCUT2D eigenvalue weighted by Crippen LogP contribution is -2.37. The van der Waals surface area contributed by atoms with Gasteiger partial charge in [-0.25, -0.2) is 4.57 Å². The molecule has 0 radical (unpaired) electrons. The van der Waals surface area contributed by atoms with Crippen molar-refractivity contribution in [3.63, 3.8) is 0 Å². The lowest BCUT2D eigenvalue weighted by molar-refractivity contribution is -0.870. The second-order valence-electron chi connectivity index (χ2n) is 15.8. The van der Waals surface area contributed by atoms with Crippen molar-refractivity contribution in [2.24, 2.45) is 0 Å². The van der Waals surface area contributed by atoms with Gasteiger partial charge in [-0.2, -0.15) is 0 Å². The van der Waals surface area contributed by atoms with E-state index in [0.717, 1.165) is 51.4 Å². The number of phosphoric acid groups is 1. The first-order chi connectivity index (χ1) is 26.0. The van der Waals surface area contributed by atoms with Crippen molar-refractivity contribution in [3.05, 3.63) is 36.5 Å². The molecule has 2 atom stereocenters. The summed E-state index contributed by atoms with van der Waals surface area (Å²) in [4.78, 5) is 35.3. The first-order valence-electron chi connectivity index (χ1n) is 21.7. The number of esters is 2. The molecule has 0 aromatic heterocycles. The van der Waals surface area contributed by atoms with Gasteiger partial charge < -0.3 is 18.9 Å². The number of hydrogen-bond donors (Lipinski definition) is 1. The monoisotopic (exact) mass is 785 g/mol. The summed E-state index contributed by atoms with van der Waals surface area (Å²) in [7, 11) is 1.45. The Hall–Kier alpha value is -1.77. The van der Waals surface area contributed by atoms with Crippen LogP contribution in [0.4, 0.5) is 0 Å². The van der Waals surface area contributed by atoms with E-state index >= 15 is 0 Å². The number of ether oxygens (including phenoxy) is 2. The largest absolute Gasteiger partial charge is 0.472 e. The number of nitrogens with zero attached hydrogens (tertiary/aromatic N) is 1. The first-order valence-corrected chi connectivity index (χ1v) is 23.2. The lowest BCUT2D eigenvalue weighted by atomic mass is 10.1.